The molecule has 1 saturated heterocycles. The number of hydrogen-bond donors (Lipinski definition) is 1. The third kappa shape index (κ3) is 2.24. The lowest BCUT2D eigenvalue weighted by Crippen LogP contribution is -2.54. The number of carbonyl (C=O) groups excluding carboxylic acids is 1. The van der Waals surface area contributed by atoms with Crippen LogP contribution >= 0.6 is 0 Å². The lowest BCUT2D eigenvalue weighted by molar-refractivity contribution is -0.138. The van der Waals surface area contributed by atoms with Crippen LogP contribution in [0.25, 0.3) is 0 Å². The Kier molecular flexibility index (Phi) is 4.00. The maximum absolute atomic E-state index is 13.1. The van der Waals surface area contributed by atoms with E-state index >= 15 is 0 Å². The summed E-state index contributed by atoms with van der Waals surface area (Å²) in [6.45, 7) is 5.30. The summed E-state index contributed by atoms with van der Waals surface area (Å²) in [5.74, 6) is 2.22. The standard InChI is InChI=1S/C23H34O4/c1-21-9-6-15(24)12-14(21)4-5-16-17(21)7-10-22(2)18(16)13-20-23(22,27-20)19(25)8-11-26-3/h4,15-18,20,24H,5-13H2,1-3H3/t15-,16-,17+,18+,20-,21+,22+,23-/m1/s1. The Bertz CT molecular complexity index is 686. The first-order valence-electron chi connectivity index (χ1n) is 10.9. The minimum absolute atomic E-state index is 0.0143. The van der Waals surface area contributed by atoms with Crippen LogP contribution in [0, 0.1) is 28.6 Å². The van der Waals surface area contributed by atoms with Gasteiger partial charge in [0.1, 0.15) is 0 Å². The second-order valence-corrected chi connectivity index (χ2v) is 10.4. The number of carbonyl (C=O) groups is 1. The quantitative estimate of drug-likeness (QED) is 0.603. The molecule has 4 nitrogen and oxygen atoms in total. The molecule has 0 aromatic carbocycles. The van der Waals surface area contributed by atoms with Crippen LogP contribution in [-0.2, 0) is 14.3 Å². The third-order valence-electron chi connectivity index (χ3n) is 9.46. The fraction of sp³-hybridized carbons (Fsp3) is 0.870. The molecule has 27 heavy (non-hydrogen) atoms. The first-order valence-corrected chi connectivity index (χ1v) is 10.9. The van der Waals surface area contributed by atoms with Crippen LogP contribution in [0.1, 0.15) is 65.2 Å². The Labute approximate surface area is 162 Å². The Morgan fingerprint density at radius 3 is 2.89 bits per heavy atom. The van der Waals surface area contributed by atoms with Gasteiger partial charge in [0.2, 0.25) is 0 Å². The zero-order valence-electron chi connectivity index (χ0n) is 17.0. The van der Waals surface area contributed by atoms with Crippen LogP contribution in [0.5, 0.6) is 0 Å². The van der Waals surface area contributed by atoms with Crippen LogP contribution in [0.3, 0.4) is 0 Å². The van der Waals surface area contributed by atoms with Crippen LogP contribution in [-0.4, -0.2) is 42.4 Å². The molecule has 0 radical (unpaired) electrons. The van der Waals surface area contributed by atoms with Crippen molar-refractivity contribution >= 4 is 5.78 Å². The predicted octanol–water partition coefficient (Wildman–Crippen LogP) is 3.66. The molecule has 1 heterocycles. The first-order chi connectivity index (χ1) is 12.9. The van der Waals surface area contributed by atoms with Crippen molar-refractivity contribution in [2.24, 2.45) is 28.6 Å². The van der Waals surface area contributed by atoms with Gasteiger partial charge in [-0.05, 0) is 68.1 Å². The fourth-order valence-electron chi connectivity index (χ4n) is 7.94. The second kappa shape index (κ2) is 5.90. The summed E-state index contributed by atoms with van der Waals surface area (Å²) < 4.78 is 11.3. The van der Waals surface area contributed by atoms with Crippen molar-refractivity contribution in [2.45, 2.75) is 83.0 Å². The number of hydrogen-bond acceptors (Lipinski definition) is 4. The van der Waals surface area contributed by atoms with Crippen LogP contribution in [0.2, 0.25) is 0 Å². The molecule has 0 amide bonds. The van der Waals surface area contributed by atoms with Gasteiger partial charge in [-0.25, -0.2) is 0 Å². The van der Waals surface area contributed by atoms with Crippen molar-refractivity contribution in [1.29, 1.82) is 0 Å². The van der Waals surface area contributed by atoms with Gasteiger partial charge >= 0.3 is 0 Å². The summed E-state index contributed by atoms with van der Waals surface area (Å²) in [5, 5.41) is 10.2. The Morgan fingerprint density at radius 2 is 2.11 bits per heavy atom. The number of aliphatic hydroxyl groups excluding tert-OH is 1. The van der Waals surface area contributed by atoms with E-state index in [1.165, 1.54) is 12.0 Å². The number of epoxide rings is 1. The number of Topliss-reactive ketones (excluding diaryl/α,β-unsaturated/α-hetero) is 1. The van der Waals surface area contributed by atoms with E-state index in [1.807, 2.05) is 0 Å². The molecule has 8 atom stereocenters. The van der Waals surface area contributed by atoms with E-state index in [4.69, 9.17) is 9.47 Å². The number of allylic oxidation sites excluding steroid dienone is 1. The maximum atomic E-state index is 13.1. The molecule has 5 rings (SSSR count). The fourth-order valence-corrected chi connectivity index (χ4v) is 7.94. The van der Waals surface area contributed by atoms with Gasteiger partial charge in [-0.3, -0.25) is 4.79 Å². The number of fused-ring (bicyclic) bond motifs is 7. The SMILES string of the molecule is COCCC(=O)[C@@]12O[C@@H]1C[C@H]1[C@@H]3CC=C4C[C@H](O)CC[C@]4(C)[C@H]3CC[C@@]12C. The summed E-state index contributed by atoms with van der Waals surface area (Å²) in [6, 6.07) is 0. The average Bonchev–Trinajstić information content (AvgIpc) is 3.32. The highest BCUT2D eigenvalue weighted by molar-refractivity contribution is 5.92. The van der Waals surface area contributed by atoms with Gasteiger partial charge in [0.15, 0.2) is 11.4 Å². The van der Waals surface area contributed by atoms with Gasteiger partial charge in [0.05, 0.1) is 18.8 Å². The monoisotopic (exact) mass is 374 g/mol. The Morgan fingerprint density at radius 1 is 1.30 bits per heavy atom. The van der Waals surface area contributed by atoms with Crippen molar-refractivity contribution in [3.8, 4) is 0 Å². The maximum Gasteiger partial charge on any atom is 0.170 e. The number of ketones is 1. The van der Waals surface area contributed by atoms with Crippen molar-refractivity contribution in [2.75, 3.05) is 13.7 Å². The molecule has 3 saturated carbocycles. The topological polar surface area (TPSA) is 59.1 Å². The molecule has 0 spiro atoms. The largest absolute Gasteiger partial charge is 0.393 e. The van der Waals surface area contributed by atoms with Gasteiger partial charge in [-0.1, -0.05) is 25.5 Å². The number of ether oxygens (including phenoxy) is 2. The van der Waals surface area contributed by atoms with Crippen LogP contribution in [0.4, 0.5) is 0 Å². The molecule has 5 aliphatic rings. The third-order valence-corrected chi connectivity index (χ3v) is 9.46. The van der Waals surface area contributed by atoms with Gasteiger partial charge < -0.3 is 14.6 Å². The van der Waals surface area contributed by atoms with Gasteiger partial charge in [0, 0.05) is 18.9 Å². The molecular formula is C23H34O4. The minimum atomic E-state index is -0.519. The van der Waals surface area contributed by atoms with Crippen molar-refractivity contribution in [3.05, 3.63) is 11.6 Å². The minimum Gasteiger partial charge on any atom is -0.393 e. The summed E-state index contributed by atoms with van der Waals surface area (Å²) in [6.07, 6.45) is 10.3. The zero-order valence-corrected chi connectivity index (χ0v) is 17.0. The normalized spacial score (nSPS) is 52.9. The second-order valence-electron chi connectivity index (χ2n) is 10.4. The Balaban J connectivity index is 1.44. The molecule has 150 valence electrons. The lowest BCUT2D eigenvalue weighted by atomic mass is 9.47. The first kappa shape index (κ1) is 18.3. The molecule has 0 aromatic rings. The smallest absolute Gasteiger partial charge is 0.170 e. The number of aliphatic hydroxyl groups is 1. The van der Waals surface area contributed by atoms with Gasteiger partial charge in [-0.2, -0.15) is 0 Å². The van der Waals surface area contributed by atoms with E-state index in [1.54, 1.807) is 7.11 Å². The lowest BCUT2D eigenvalue weighted by Gasteiger charge is -2.58. The van der Waals surface area contributed by atoms with E-state index in [-0.39, 0.29) is 28.8 Å². The van der Waals surface area contributed by atoms with Crippen molar-refractivity contribution < 1.29 is 19.4 Å². The predicted molar refractivity (Wildman–Crippen MR) is 102 cm³/mol. The number of methoxy groups -OCH3 is 1. The summed E-state index contributed by atoms with van der Waals surface area (Å²) in [7, 11) is 1.66. The summed E-state index contributed by atoms with van der Waals surface area (Å²) >= 11 is 0. The van der Waals surface area contributed by atoms with Crippen LogP contribution < -0.4 is 0 Å². The van der Waals surface area contributed by atoms with Gasteiger partial charge in [0.25, 0.3) is 0 Å². The highest BCUT2D eigenvalue weighted by Gasteiger charge is 2.79. The average molecular weight is 375 g/mol. The highest BCUT2D eigenvalue weighted by Crippen LogP contribution is 2.73. The van der Waals surface area contributed by atoms with E-state index in [0.717, 1.165) is 38.5 Å². The summed E-state index contributed by atoms with van der Waals surface area (Å²) in [5.41, 5.74) is 1.23. The van der Waals surface area contributed by atoms with E-state index in [0.29, 0.717) is 30.8 Å². The van der Waals surface area contributed by atoms with Gasteiger partial charge in [-0.15, -0.1) is 0 Å². The molecule has 0 unspecified atom stereocenters. The number of rotatable bonds is 4. The molecule has 4 heteroatoms. The molecular weight excluding hydrogens is 340 g/mol. The molecule has 0 aromatic heterocycles. The van der Waals surface area contributed by atoms with Crippen molar-refractivity contribution in [3.63, 3.8) is 0 Å². The molecule has 4 fully saturated rings. The van der Waals surface area contributed by atoms with E-state index < -0.39 is 5.60 Å². The molecule has 1 aliphatic heterocycles. The van der Waals surface area contributed by atoms with Crippen LogP contribution in [0.15, 0.2) is 11.6 Å². The molecule has 1 N–H and O–H groups in total. The van der Waals surface area contributed by atoms with E-state index in [9.17, 15) is 9.90 Å². The van der Waals surface area contributed by atoms with Crippen molar-refractivity contribution in [1.82, 2.24) is 0 Å². The summed E-state index contributed by atoms with van der Waals surface area (Å²) in [4.78, 5) is 13.1. The zero-order chi connectivity index (χ0) is 19.0. The molecule has 0 bridgehead atoms. The highest BCUT2D eigenvalue weighted by atomic mass is 16.6. The van der Waals surface area contributed by atoms with E-state index in [2.05, 4.69) is 19.9 Å². The molecule has 4 aliphatic carbocycles. The Hall–Kier alpha value is -0.710.